The topological polar surface area (TPSA) is 72.4 Å². The van der Waals surface area contributed by atoms with Gasteiger partial charge < -0.3 is 14.2 Å². The summed E-state index contributed by atoms with van der Waals surface area (Å²) in [6.07, 6.45) is -3.87. The highest BCUT2D eigenvalue weighted by Crippen LogP contribution is 2.28. The SMILES string of the molecule is C=C[C@](C)(C(C)OCC(C)(C)C(=O)OC(C)(C)C)N(COCC[Si](C)(C)C)NC(=NC)C(F)(F)F. The monoisotopic (exact) mass is 525 g/mol. The highest BCUT2D eigenvalue weighted by atomic mass is 28.3. The second kappa shape index (κ2) is 12.7. The van der Waals surface area contributed by atoms with Crippen LogP contribution >= 0.6 is 0 Å². The van der Waals surface area contributed by atoms with Crippen molar-refractivity contribution in [2.24, 2.45) is 10.4 Å². The van der Waals surface area contributed by atoms with Crippen LogP contribution in [0.1, 0.15) is 48.5 Å². The number of aliphatic imine (C=N–C) groups is 1. The molecule has 35 heavy (non-hydrogen) atoms. The number of esters is 1. The number of carbonyl (C=O) groups is 1. The maximum absolute atomic E-state index is 13.5. The van der Waals surface area contributed by atoms with E-state index in [2.05, 4.69) is 36.6 Å². The summed E-state index contributed by atoms with van der Waals surface area (Å²) in [4.78, 5) is 16.0. The van der Waals surface area contributed by atoms with E-state index >= 15 is 0 Å². The molecule has 0 radical (unpaired) electrons. The molecule has 0 heterocycles. The van der Waals surface area contributed by atoms with E-state index in [1.807, 2.05) is 0 Å². The number of alkyl halides is 3. The molecule has 0 aliphatic rings. The van der Waals surface area contributed by atoms with Crippen molar-refractivity contribution in [3.63, 3.8) is 0 Å². The van der Waals surface area contributed by atoms with E-state index in [-0.39, 0.29) is 13.3 Å². The predicted octanol–water partition coefficient (Wildman–Crippen LogP) is 5.41. The molecule has 0 aliphatic carbocycles. The third kappa shape index (κ3) is 11.9. The third-order valence-corrected chi connectivity index (χ3v) is 7.12. The number of halogens is 3. The van der Waals surface area contributed by atoms with Crippen molar-refractivity contribution < 1.29 is 32.2 Å². The lowest BCUT2D eigenvalue weighted by Gasteiger charge is -2.43. The normalized spacial score (nSPS) is 16.6. The summed E-state index contributed by atoms with van der Waals surface area (Å²) < 4.78 is 57.7. The molecule has 0 aliphatic heterocycles. The molecular formula is C24H46F3N3O4Si. The Bertz CT molecular complexity index is 731. The van der Waals surface area contributed by atoms with Gasteiger partial charge in [0.2, 0.25) is 5.84 Å². The minimum absolute atomic E-state index is 0.00910. The van der Waals surface area contributed by atoms with Gasteiger partial charge >= 0.3 is 12.1 Å². The maximum Gasteiger partial charge on any atom is 0.450 e. The molecule has 0 aromatic carbocycles. The fourth-order valence-electron chi connectivity index (χ4n) is 2.67. The highest BCUT2D eigenvalue weighted by molar-refractivity contribution is 6.76. The zero-order chi connectivity index (χ0) is 27.9. The summed E-state index contributed by atoms with van der Waals surface area (Å²) in [5, 5.41) is 1.28. The number of hydrogen-bond acceptors (Lipinski definition) is 6. The zero-order valence-electron chi connectivity index (χ0n) is 23.4. The Kier molecular flexibility index (Phi) is 12.2. The summed E-state index contributed by atoms with van der Waals surface area (Å²) in [5.74, 6) is -1.60. The van der Waals surface area contributed by atoms with Crippen LogP contribution in [-0.2, 0) is 19.0 Å². The molecule has 11 heteroatoms. The van der Waals surface area contributed by atoms with Gasteiger partial charge in [-0.25, -0.2) is 0 Å². The first-order chi connectivity index (χ1) is 15.6. The summed E-state index contributed by atoms with van der Waals surface area (Å²) in [5.41, 5.74) is -0.412. The Hall–Kier alpha value is -1.43. The number of nitrogens with zero attached hydrogens (tertiary/aromatic N) is 2. The Morgan fingerprint density at radius 1 is 1.14 bits per heavy atom. The summed E-state index contributed by atoms with van der Waals surface area (Å²) in [6, 6.07) is 0.857. The fourth-order valence-corrected chi connectivity index (χ4v) is 3.42. The molecule has 0 aromatic rings. The molecule has 0 bridgehead atoms. The van der Waals surface area contributed by atoms with Gasteiger partial charge in [-0.05, 0) is 54.5 Å². The highest BCUT2D eigenvalue weighted by Gasteiger charge is 2.43. The van der Waals surface area contributed by atoms with E-state index in [1.165, 1.54) is 11.1 Å². The number of nitrogens with one attached hydrogen (secondary N) is 1. The molecular weight excluding hydrogens is 479 g/mol. The second-order valence-electron chi connectivity index (χ2n) is 11.7. The average Bonchev–Trinajstić information content (AvgIpc) is 2.67. The van der Waals surface area contributed by atoms with Gasteiger partial charge in [0, 0.05) is 21.7 Å². The molecule has 7 nitrogen and oxygen atoms in total. The van der Waals surface area contributed by atoms with Crippen LogP contribution in [0.4, 0.5) is 13.2 Å². The van der Waals surface area contributed by atoms with Gasteiger partial charge in [0.25, 0.3) is 0 Å². The molecule has 0 spiro atoms. The number of hydrogen-bond donors (Lipinski definition) is 1. The van der Waals surface area contributed by atoms with E-state index < -0.39 is 48.7 Å². The summed E-state index contributed by atoms with van der Waals surface area (Å²) in [7, 11) is -0.328. The molecule has 0 amide bonds. The summed E-state index contributed by atoms with van der Waals surface area (Å²) >= 11 is 0. The Morgan fingerprint density at radius 2 is 1.69 bits per heavy atom. The maximum atomic E-state index is 13.5. The van der Waals surface area contributed by atoms with Crippen molar-refractivity contribution in [1.29, 1.82) is 0 Å². The summed E-state index contributed by atoms with van der Waals surface area (Å²) in [6.45, 7) is 22.8. The molecule has 2 atom stereocenters. The van der Waals surface area contributed by atoms with Crippen molar-refractivity contribution in [1.82, 2.24) is 10.4 Å². The van der Waals surface area contributed by atoms with Crippen molar-refractivity contribution in [3.8, 4) is 0 Å². The van der Waals surface area contributed by atoms with Crippen LogP contribution in [0.15, 0.2) is 17.6 Å². The second-order valence-corrected chi connectivity index (χ2v) is 17.3. The first kappa shape index (κ1) is 33.6. The molecule has 1 N–H and O–H groups in total. The predicted molar refractivity (Wildman–Crippen MR) is 137 cm³/mol. The smallest absolute Gasteiger partial charge is 0.450 e. The average molecular weight is 526 g/mol. The van der Waals surface area contributed by atoms with Crippen LogP contribution in [0.5, 0.6) is 0 Å². The first-order valence-corrected chi connectivity index (χ1v) is 15.4. The van der Waals surface area contributed by atoms with Gasteiger partial charge in [-0.15, -0.1) is 6.58 Å². The lowest BCUT2D eigenvalue weighted by Crippen LogP contribution is -2.62. The number of hydrazine groups is 1. The quantitative estimate of drug-likeness (QED) is 0.0506. The van der Waals surface area contributed by atoms with Gasteiger partial charge in [0.1, 0.15) is 12.3 Å². The number of ether oxygens (including phenoxy) is 3. The lowest BCUT2D eigenvalue weighted by molar-refractivity contribution is -0.172. The van der Waals surface area contributed by atoms with Gasteiger partial charge in [0.15, 0.2) is 0 Å². The number of amidine groups is 1. The van der Waals surface area contributed by atoms with Crippen molar-refractivity contribution in [2.45, 2.75) is 97.6 Å². The van der Waals surface area contributed by atoms with Gasteiger partial charge in [0.05, 0.1) is 23.7 Å². The number of rotatable bonds is 13. The van der Waals surface area contributed by atoms with E-state index in [4.69, 9.17) is 14.2 Å². The molecule has 0 aromatic heterocycles. The Balaban J connectivity index is 5.73. The van der Waals surface area contributed by atoms with Crippen LogP contribution in [0.2, 0.25) is 25.7 Å². The standard InChI is InChI=1S/C24H46F3N3O4Si/c1-13-23(8,18(2)33-16-22(6,7)20(31)34-21(3,4)5)30(17-32-14-15-35(10,11)12)29-19(28-9)24(25,26)27/h13,18H,1,14-17H2,2-12H3,(H,28,29)/t18?,23-/m1/s1. The fraction of sp³-hybridized carbons (Fsp3) is 0.833. The minimum atomic E-state index is -4.68. The Morgan fingerprint density at radius 3 is 2.09 bits per heavy atom. The third-order valence-electron chi connectivity index (χ3n) is 5.41. The minimum Gasteiger partial charge on any atom is -0.459 e. The molecule has 1 unspecified atom stereocenters. The van der Waals surface area contributed by atoms with Crippen LogP contribution < -0.4 is 5.43 Å². The Labute approximate surface area is 210 Å². The molecule has 0 fully saturated rings. The van der Waals surface area contributed by atoms with Crippen molar-refractivity contribution >= 4 is 19.9 Å². The largest absolute Gasteiger partial charge is 0.459 e. The molecule has 206 valence electrons. The van der Waals surface area contributed by atoms with Crippen LogP contribution in [0.3, 0.4) is 0 Å². The van der Waals surface area contributed by atoms with E-state index in [0.29, 0.717) is 6.61 Å². The van der Waals surface area contributed by atoms with E-state index in [9.17, 15) is 18.0 Å². The molecule has 0 saturated carbocycles. The van der Waals surface area contributed by atoms with Crippen LogP contribution in [-0.4, -0.2) is 75.3 Å². The van der Waals surface area contributed by atoms with Crippen LogP contribution in [0.25, 0.3) is 0 Å². The van der Waals surface area contributed by atoms with Crippen LogP contribution in [0, 0.1) is 5.41 Å². The number of carbonyl (C=O) groups excluding carboxylic acids is 1. The first-order valence-electron chi connectivity index (χ1n) is 11.7. The van der Waals surface area contributed by atoms with Gasteiger partial charge in [-0.2, -0.15) is 18.2 Å². The van der Waals surface area contributed by atoms with E-state index in [1.54, 1.807) is 48.5 Å². The van der Waals surface area contributed by atoms with Crippen molar-refractivity contribution in [3.05, 3.63) is 12.7 Å². The van der Waals surface area contributed by atoms with Crippen molar-refractivity contribution in [2.75, 3.05) is 27.0 Å². The van der Waals surface area contributed by atoms with Gasteiger partial charge in [-0.1, -0.05) is 25.7 Å². The molecule has 0 saturated heterocycles. The molecule has 0 rings (SSSR count). The van der Waals surface area contributed by atoms with E-state index in [0.717, 1.165) is 13.1 Å². The lowest BCUT2D eigenvalue weighted by atomic mass is 9.92. The van der Waals surface area contributed by atoms with Gasteiger partial charge in [-0.3, -0.25) is 15.2 Å². The zero-order valence-corrected chi connectivity index (χ0v) is 24.4.